The Balaban J connectivity index is 2.10. The number of nitrogens with zero attached hydrogens (tertiary/aromatic N) is 1. The molecule has 21 heavy (non-hydrogen) atoms. The largest absolute Gasteiger partial charge is 0.219 e. The van der Waals surface area contributed by atoms with Gasteiger partial charge in [-0.25, -0.2) is 8.42 Å². The molecule has 0 aliphatic carbocycles. The molecule has 1 aliphatic heterocycles. The molecular weight excluding hydrogens is 353 g/mol. The van der Waals surface area contributed by atoms with Gasteiger partial charge in [-0.1, -0.05) is 79.8 Å². The molecule has 0 spiro atoms. The van der Waals surface area contributed by atoms with Gasteiger partial charge in [0.05, 0.1) is 6.04 Å². The zero-order valence-electron chi connectivity index (χ0n) is 12.1. The van der Waals surface area contributed by atoms with Gasteiger partial charge in [0.2, 0.25) is 13.8 Å². The van der Waals surface area contributed by atoms with Gasteiger partial charge in [-0.3, -0.25) is 0 Å². The van der Waals surface area contributed by atoms with Gasteiger partial charge in [0, 0.05) is 6.54 Å². The van der Waals surface area contributed by atoms with Crippen LogP contribution >= 0.6 is 34.8 Å². The molecule has 0 N–H and O–H groups in total. The lowest BCUT2D eigenvalue weighted by atomic mass is 9.86. The molecule has 0 bridgehead atoms. The van der Waals surface area contributed by atoms with Gasteiger partial charge >= 0.3 is 0 Å². The van der Waals surface area contributed by atoms with Crippen molar-refractivity contribution in [2.24, 2.45) is 0 Å². The van der Waals surface area contributed by atoms with E-state index in [0.29, 0.717) is 6.54 Å². The van der Waals surface area contributed by atoms with Crippen LogP contribution in [0.3, 0.4) is 0 Å². The molecule has 0 radical (unpaired) electrons. The second-order valence-electron chi connectivity index (χ2n) is 6.33. The van der Waals surface area contributed by atoms with Crippen LogP contribution in [0, 0.1) is 0 Å². The van der Waals surface area contributed by atoms with Crippen LogP contribution in [0.25, 0.3) is 0 Å². The summed E-state index contributed by atoms with van der Waals surface area (Å²) in [4.78, 5) is 0. The smallest absolute Gasteiger partial charge is 0.212 e. The summed E-state index contributed by atoms with van der Waals surface area (Å²) in [7, 11) is -3.54. The molecule has 0 amide bonds. The lowest BCUT2D eigenvalue weighted by molar-refractivity contribution is 0.554. The maximum atomic E-state index is 12.1. The molecule has 1 aliphatic rings. The Hall–Kier alpha value is -0.000000000000000167. The molecule has 0 saturated carbocycles. The van der Waals surface area contributed by atoms with Crippen molar-refractivity contribution in [1.29, 1.82) is 0 Å². The van der Waals surface area contributed by atoms with Gasteiger partial charge in [0.1, 0.15) is 5.75 Å². The Kier molecular flexibility index (Phi) is 4.60. The molecular formula is C14H18Cl3NO2S. The molecule has 1 heterocycles. The van der Waals surface area contributed by atoms with Gasteiger partial charge in [-0.15, -0.1) is 0 Å². The Morgan fingerprint density at radius 1 is 1.14 bits per heavy atom. The van der Waals surface area contributed by atoms with E-state index in [1.807, 2.05) is 24.3 Å². The third kappa shape index (κ3) is 4.49. The highest BCUT2D eigenvalue weighted by Gasteiger charge is 2.47. The molecule has 2 unspecified atom stereocenters. The summed E-state index contributed by atoms with van der Waals surface area (Å²) in [5.74, 6) is -0.499. The van der Waals surface area contributed by atoms with Gasteiger partial charge < -0.3 is 0 Å². The topological polar surface area (TPSA) is 37.1 Å². The standard InChI is InChI=1S/C14H18Cl3NO2S/c1-13(2,3)11-6-4-10(5-7-11)12-8-18(12)21(19,20)9-14(15,16)17/h4-7,12H,8-9H2,1-3H3. The van der Waals surface area contributed by atoms with E-state index in [9.17, 15) is 8.42 Å². The van der Waals surface area contributed by atoms with E-state index < -0.39 is 19.6 Å². The van der Waals surface area contributed by atoms with Crippen molar-refractivity contribution in [2.45, 2.75) is 36.0 Å². The van der Waals surface area contributed by atoms with Crippen molar-refractivity contribution < 1.29 is 8.42 Å². The Bertz CT molecular complexity index is 615. The van der Waals surface area contributed by atoms with E-state index in [2.05, 4.69) is 20.8 Å². The lowest BCUT2D eigenvalue weighted by Crippen LogP contribution is -2.25. The second-order valence-corrected chi connectivity index (χ2v) is 10.8. The molecule has 2 atom stereocenters. The molecule has 2 rings (SSSR count). The summed E-state index contributed by atoms with van der Waals surface area (Å²) < 4.78 is 23.8. The molecule has 1 aromatic carbocycles. The highest BCUT2D eigenvalue weighted by Crippen LogP contribution is 2.41. The number of hydrogen-bond donors (Lipinski definition) is 0. The van der Waals surface area contributed by atoms with Crippen LogP contribution < -0.4 is 0 Å². The first-order chi connectivity index (χ1) is 9.40. The third-order valence-electron chi connectivity index (χ3n) is 3.43. The van der Waals surface area contributed by atoms with Crippen LogP contribution in [0.5, 0.6) is 0 Å². The third-order valence-corrected chi connectivity index (χ3v) is 6.22. The fourth-order valence-electron chi connectivity index (χ4n) is 2.20. The minimum Gasteiger partial charge on any atom is -0.212 e. The SMILES string of the molecule is CC(C)(C)c1ccc(C2CN2S(=O)(=O)CC(Cl)(Cl)Cl)cc1. The normalized spacial score (nSPS) is 23.1. The molecule has 118 valence electrons. The van der Waals surface area contributed by atoms with Crippen molar-refractivity contribution >= 4 is 44.8 Å². The maximum Gasteiger partial charge on any atom is 0.219 e. The quantitative estimate of drug-likeness (QED) is 0.595. The van der Waals surface area contributed by atoms with E-state index in [1.165, 1.54) is 9.87 Å². The van der Waals surface area contributed by atoms with E-state index >= 15 is 0 Å². The fraction of sp³-hybridized carbons (Fsp3) is 0.571. The van der Waals surface area contributed by atoms with Crippen LogP contribution in [0.2, 0.25) is 0 Å². The first kappa shape index (κ1) is 17.4. The zero-order valence-corrected chi connectivity index (χ0v) is 15.2. The van der Waals surface area contributed by atoms with Crippen LogP contribution in [0.4, 0.5) is 0 Å². The summed E-state index contributed by atoms with van der Waals surface area (Å²) in [5.41, 5.74) is 2.25. The average molecular weight is 371 g/mol. The number of hydrogen-bond acceptors (Lipinski definition) is 2. The van der Waals surface area contributed by atoms with Crippen molar-refractivity contribution in [3.8, 4) is 0 Å². The monoisotopic (exact) mass is 369 g/mol. The number of alkyl halides is 3. The second kappa shape index (κ2) is 5.57. The first-order valence-corrected chi connectivity index (χ1v) is 9.31. The minimum absolute atomic E-state index is 0.0727. The fourth-order valence-corrected chi connectivity index (χ4v) is 4.90. The van der Waals surface area contributed by atoms with Crippen LogP contribution in [-0.2, 0) is 15.4 Å². The van der Waals surface area contributed by atoms with Gasteiger partial charge in [-0.2, -0.15) is 4.31 Å². The van der Waals surface area contributed by atoms with Crippen molar-refractivity contribution in [3.05, 3.63) is 35.4 Å². The number of benzene rings is 1. The van der Waals surface area contributed by atoms with E-state index in [1.54, 1.807) is 0 Å². The molecule has 0 aromatic heterocycles. The highest BCUT2D eigenvalue weighted by atomic mass is 35.6. The lowest BCUT2D eigenvalue weighted by Gasteiger charge is -2.19. The number of halogens is 3. The summed E-state index contributed by atoms with van der Waals surface area (Å²) in [6, 6.07) is 7.86. The maximum absolute atomic E-state index is 12.1. The predicted molar refractivity (Wildman–Crippen MR) is 88.7 cm³/mol. The van der Waals surface area contributed by atoms with Crippen LogP contribution in [0.15, 0.2) is 24.3 Å². The van der Waals surface area contributed by atoms with Crippen molar-refractivity contribution in [2.75, 3.05) is 12.3 Å². The van der Waals surface area contributed by atoms with E-state index in [-0.39, 0.29) is 11.5 Å². The van der Waals surface area contributed by atoms with Gasteiger partial charge in [0.25, 0.3) is 0 Å². The summed E-state index contributed by atoms with van der Waals surface area (Å²) in [6.45, 7) is 6.85. The molecule has 1 fully saturated rings. The summed E-state index contributed by atoms with van der Waals surface area (Å²) in [5, 5.41) is 0. The minimum atomic E-state index is -3.54. The van der Waals surface area contributed by atoms with Crippen molar-refractivity contribution in [1.82, 2.24) is 4.31 Å². The van der Waals surface area contributed by atoms with Gasteiger partial charge in [0.15, 0.2) is 0 Å². The Morgan fingerprint density at radius 2 is 1.67 bits per heavy atom. The summed E-state index contributed by atoms with van der Waals surface area (Å²) in [6.07, 6.45) is 0. The predicted octanol–water partition coefficient (Wildman–Crippen LogP) is 4.04. The Labute approximate surface area is 141 Å². The van der Waals surface area contributed by atoms with E-state index in [0.717, 1.165) is 5.56 Å². The van der Waals surface area contributed by atoms with E-state index in [4.69, 9.17) is 34.8 Å². The molecule has 1 saturated heterocycles. The van der Waals surface area contributed by atoms with Gasteiger partial charge in [-0.05, 0) is 16.5 Å². The number of rotatable bonds is 3. The van der Waals surface area contributed by atoms with Crippen LogP contribution in [-0.4, -0.2) is 28.8 Å². The zero-order chi connectivity index (χ0) is 16.1. The van der Waals surface area contributed by atoms with Crippen molar-refractivity contribution in [3.63, 3.8) is 0 Å². The number of sulfonamides is 1. The first-order valence-electron chi connectivity index (χ1n) is 6.57. The molecule has 7 heteroatoms. The average Bonchev–Trinajstić information content (AvgIpc) is 3.05. The highest BCUT2D eigenvalue weighted by molar-refractivity contribution is 7.89. The van der Waals surface area contributed by atoms with Crippen LogP contribution in [0.1, 0.15) is 37.9 Å². The summed E-state index contributed by atoms with van der Waals surface area (Å²) >= 11 is 16.7. The molecule has 1 aromatic rings. The molecule has 3 nitrogen and oxygen atoms in total. The Morgan fingerprint density at radius 3 is 2.10 bits per heavy atom.